The summed E-state index contributed by atoms with van der Waals surface area (Å²) in [5.74, 6) is -1.64. The molecule has 0 aliphatic carbocycles. The van der Waals surface area contributed by atoms with E-state index in [1.165, 1.54) is 6.07 Å². The molecule has 4 nitrogen and oxygen atoms in total. The molecule has 0 radical (unpaired) electrons. The second kappa shape index (κ2) is 5.35. The largest absolute Gasteiger partial charge is 0.475 e. The van der Waals surface area contributed by atoms with Gasteiger partial charge in [0.05, 0.1) is 5.56 Å². The number of carbonyl (C=O) groups is 2. The number of aryl methyl sites for hydroxylation is 1. The molecule has 0 unspecified atom stereocenters. The van der Waals surface area contributed by atoms with E-state index in [9.17, 15) is 9.59 Å². The minimum Gasteiger partial charge on any atom is -0.475 e. The maximum absolute atomic E-state index is 11.6. The van der Waals surface area contributed by atoms with Gasteiger partial charge < -0.3 is 9.84 Å². The van der Waals surface area contributed by atoms with E-state index in [0.29, 0.717) is 11.3 Å². The summed E-state index contributed by atoms with van der Waals surface area (Å²) in [5, 5.41) is 8.81. The number of rotatable bonds is 4. The number of carboxylic acids is 1. The van der Waals surface area contributed by atoms with Gasteiger partial charge in [0.15, 0.2) is 0 Å². The van der Waals surface area contributed by atoms with E-state index in [1.807, 2.05) is 6.07 Å². The van der Waals surface area contributed by atoms with E-state index in [-0.39, 0.29) is 11.3 Å². The van der Waals surface area contributed by atoms with Gasteiger partial charge in [0.1, 0.15) is 11.5 Å². The third-order valence-corrected chi connectivity index (χ3v) is 2.61. The summed E-state index contributed by atoms with van der Waals surface area (Å²) in [6.45, 7) is 1.76. The van der Waals surface area contributed by atoms with Crippen molar-refractivity contribution in [1.29, 1.82) is 0 Å². The maximum atomic E-state index is 11.6. The molecule has 0 saturated carbocycles. The van der Waals surface area contributed by atoms with Crippen LogP contribution in [0.4, 0.5) is 0 Å². The van der Waals surface area contributed by atoms with Crippen LogP contribution < -0.4 is 4.74 Å². The molecule has 0 aliphatic heterocycles. The lowest BCUT2D eigenvalue weighted by Crippen LogP contribution is -2.14. The van der Waals surface area contributed by atoms with Crippen molar-refractivity contribution < 1.29 is 19.4 Å². The fourth-order valence-electron chi connectivity index (χ4n) is 1.69. The highest BCUT2D eigenvalue weighted by atomic mass is 16.5. The second-order valence-electron chi connectivity index (χ2n) is 4.00. The SMILES string of the molecule is Cc1cccc(C(=O)C(=O)O)c1Oc1ccccc1. The van der Waals surface area contributed by atoms with Crippen molar-refractivity contribution in [2.45, 2.75) is 6.92 Å². The van der Waals surface area contributed by atoms with Crippen LogP contribution in [0.25, 0.3) is 0 Å². The fraction of sp³-hybridized carbons (Fsp3) is 0.0667. The van der Waals surface area contributed by atoms with Crippen LogP contribution in [0.3, 0.4) is 0 Å². The summed E-state index contributed by atoms with van der Waals surface area (Å²) in [5.41, 5.74) is 0.757. The van der Waals surface area contributed by atoms with Crippen LogP contribution in [0.5, 0.6) is 11.5 Å². The lowest BCUT2D eigenvalue weighted by atomic mass is 10.1. The molecular formula is C15H12O4. The Labute approximate surface area is 110 Å². The van der Waals surface area contributed by atoms with Gasteiger partial charge in [-0.1, -0.05) is 30.3 Å². The monoisotopic (exact) mass is 256 g/mol. The number of carbonyl (C=O) groups excluding carboxylic acids is 1. The third-order valence-electron chi connectivity index (χ3n) is 2.61. The number of Topliss-reactive ketones (excluding diaryl/α,β-unsaturated/α-hetero) is 1. The molecule has 0 aromatic heterocycles. The molecule has 0 fully saturated rings. The third kappa shape index (κ3) is 2.80. The van der Waals surface area contributed by atoms with Gasteiger partial charge >= 0.3 is 5.97 Å². The Kier molecular flexibility index (Phi) is 3.61. The van der Waals surface area contributed by atoms with Gasteiger partial charge in [-0.05, 0) is 30.7 Å². The molecule has 0 heterocycles. The zero-order valence-electron chi connectivity index (χ0n) is 10.3. The number of ketones is 1. The fourth-order valence-corrected chi connectivity index (χ4v) is 1.69. The van der Waals surface area contributed by atoms with Crippen LogP contribution in [0.1, 0.15) is 15.9 Å². The van der Waals surface area contributed by atoms with E-state index in [4.69, 9.17) is 9.84 Å². The quantitative estimate of drug-likeness (QED) is 0.674. The zero-order valence-corrected chi connectivity index (χ0v) is 10.3. The maximum Gasteiger partial charge on any atom is 0.377 e. The number of para-hydroxylation sites is 2. The number of aliphatic carboxylic acids is 1. The van der Waals surface area contributed by atoms with Crippen molar-refractivity contribution in [2.24, 2.45) is 0 Å². The lowest BCUT2D eigenvalue weighted by molar-refractivity contribution is -0.131. The lowest BCUT2D eigenvalue weighted by Gasteiger charge is -2.11. The van der Waals surface area contributed by atoms with Gasteiger partial charge in [-0.25, -0.2) is 4.79 Å². The summed E-state index contributed by atoms with van der Waals surface area (Å²) in [6, 6.07) is 13.7. The summed E-state index contributed by atoms with van der Waals surface area (Å²) < 4.78 is 5.63. The molecular weight excluding hydrogens is 244 g/mol. The molecule has 0 amide bonds. The zero-order chi connectivity index (χ0) is 13.8. The number of carboxylic acid groups (broad SMARTS) is 1. The van der Waals surface area contributed by atoms with E-state index in [1.54, 1.807) is 43.3 Å². The highest BCUT2D eigenvalue weighted by molar-refractivity contribution is 6.40. The van der Waals surface area contributed by atoms with E-state index in [2.05, 4.69) is 0 Å². The number of ether oxygens (including phenoxy) is 1. The normalized spacial score (nSPS) is 9.95. The Hall–Kier alpha value is -2.62. The Morgan fingerprint density at radius 1 is 1.00 bits per heavy atom. The standard InChI is InChI=1S/C15H12O4/c1-10-6-5-9-12(13(16)15(17)18)14(10)19-11-7-3-2-4-8-11/h2-9H,1H3,(H,17,18). The predicted molar refractivity (Wildman–Crippen MR) is 69.7 cm³/mol. The van der Waals surface area contributed by atoms with Crippen LogP contribution in [0.2, 0.25) is 0 Å². The number of hydrogen-bond acceptors (Lipinski definition) is 3. The Bertz CT molecular complexity index is 617. The first kappa shape index (κ1) is 12.8. The van der Waals surface area contributed by atoms with E-state index >= 15 is 0 Å². The summed E-state index contributed by atoms with van der Waals surface area (Å²) in [6.07, 6.45) is 0. The van der Waals surface area contributed by atoms with Gasteiger partial charge in [-0.15, -0.1) is 0 Å². The average Bonchev–Trinajstić information content (AvgIpc) is 2.41. The van der Waals surface area contributed by atoms with Crippen LogP contribution >= 0.6 is 0 Å². The van der Waals surface area contributed by atoms with Gasteiger partial charge in [-0.3, -0.25) is 4.79 Å². The second-order valence-corrected chi connectivity index (χ2v) is 4.00. The van der Waals surface area contributed by atoms with Crippen molar-refractivity contribution in [3.8, 4) is 11.5 Å². The minimum absolute atomic E-state index is 0.0522. The highest BCUT2D eigenvalue weighted by Crippen LogP contribution is 2.29. The summed E-state index contributed by atoms with van der Waals surface area (Å²) in [7, 11) is 0. The first-order valence-electron chi connectivity index (χ1n) is 5.69. The molecule has 0 spiro atoms. The van der Waals surface area contributed by atoms with Crippen molar-refractivity contribution in [3.63, 3.8) is 0 Å². The number of hydrogen-bond donors (Lipinski definition) is 1. The molecule has 96 valence electrons. The van der Waals surface area contributed by atoms with Crippen LogP contribution in [-0.2, 0) is 4.79 Å². The Morgan fingerprint density at radius 3 is 2.32 bits per heavy atom. The van der Waals surface area contributed by atoms with E-state index in [0.717, 1.165) is 0 Å². The summed E-state index contributed by atoms with van der Waals surface area (Å²) >= 11 is 0. The molecule has 1 N–H and O–H groups in total. The molecule has 0 atom stereocenters. The van der Waals surface area contributed by atoms with Crippen molar-refractivity contribution in [3.05, 3.63) is 59.7 Å². The van der Waals surface area contributed by atoms with Crippen LogP contribution in [0, 0.1) is 6.92 Å². The minimum atomic E-state index is -1.50. The van der Waals surface area contributed by atoms with Crippen LogP contribution in [-0.4, -0.2) is 16.9 Å². The van der Waals surface area contributed by atoms with Crippen molar-refractivity contribution >= 4 is 11.8 Å². The molecule has 0 aliphatic rings. The van der Waals surface area contributed by atoms with Crippen molar-refractivity contribution in [2.75, 3.05) is 0 Å². The molecule has 0 bridgehead atoms. The Morgan fingerprint density at radius 2 is 1.68 bits per heavy atom. The van der Waals surface area contributed by atoms with Gasteiger partial charge in [-0.2, -0.15) is 0 Å². The number of benzene rings is 2. The van der Waals surface area contributed by atoms with Gasteiger partial charge in [0, 0.05) is 0 Å². The van der Waals surface area contributed by atoms with Gasteiger partial charge in [0.2, 0.25) is 0 Å². The topological polar surface area (TPSA) is 63.6 Å². The Balaban J connectivity index is 2.44. The molecule has 2 aromatic carbocycles. The summed E-state index contributed by atoms with van der Waals surface area (Å²) in [4.78, 5) is 22.4. The van der Waals surface area contributed by atoms with Crippen molar-refractivity contribution in [1.82, 2.24) is 0 Å². The first-order chi connectivity index (χ1) is 9.09. The smallest absolute Gasteiger partial charge is 0.377 e. The molecule has 0 saturated heterocycles. The average molecular weight is 256 g/mol. The molecule has 2 rings (SSSR count). The van der Waals surface area contributed by atoms with Gasteiger partial charge in [0.25, 0.3) is 5.78 Å². The molecule has 4 heteroatoms. The molecule has 19 heavy (non-hydrogen) atoms. The predicted octanol–water partition coefficient (Wildman–Crippen LogP) is 3.05. The first-order valence-corrected chi connectivity index (χ1v) is 5.69. The van der Waals surface area contributed by atoms with E-state index < -0.39 is 11.8 Å². The molecule has 2 aromatic rings. The highest BCUT2D eigenvalue weighted by Gasteiger charge is 2.21. The van der Waals surface area contributed by atoms with Crippen LogP contribution in [0.15, 0.2) is 48.5 Å².